The van der Waals surface area contributed by atoms with Crippen LogP contribution in [0.5, 0.6) is 0 Å². The zero-order chi connectivity index (χ0) is 13.7. The number of carbonyl (C=O) groups excluding carboxylic acids is 1. The van der Waals surface area contributed by atoms with Crippen LogP contribution in [-0.4, -0.2) is 36.4 Å². The normalized spacial score (nSPS) is 20.4. The van der Waals surface area contributed by atoms with Crippen molar-refractivity contribution in [2.45, 2.75) is 38.6 Å². The molecule has 1 unspecified atom stereocenters. The fourth-order valence-corrected chi connectivity index (χ4v) is 2.68. The topological polar surface area (TPSA) is 46.3 Å². The Bertz CT molecular complexity index is 413. The highest BCUT2D eigenvalue weighted by Gasteiger charge is 2.19. The molecule has 0 amide bonds. The zero-order valence-electron chi connectivity index (χ0n) is 11.8. The van der Waals surface area contributed by atoms with E-state index in [-0.39, 0.29) is 11.8 Å². The molecule has 3 nitrogen and oxygen atoms in total. The molecule has 0 spiro atoms. The van der Waals surface area contributed by atoms with Gasteiger partial charge in [-0.1, -0.05) is 37.6 Å². The molecule has 0 aliphatic carbocycles. The lowest BCUT2D eigenvalue weighted by Crippen LogP contribution is -2.44. The van der Waals surface area contributed by atoms with Crippen LogP contribution in [-0.2, 0) is 6.42 Å². The van der Waals surface area contributed by atoms with Crippen LogP contribution in [0, 0.1) is 0 Å². The maximum atomic E-state index is 12.2. The van der Waals surface area contributed by atoms with Gasteiger partial charge in [0.1, 0.15) is 0 Å². The standard InChI is InChI=1S/C16H24N2O/c1-2-4-13-6-8-14(9-7-13)16(19)12-18-10-3-5-15(17)11-18/h6-9,15H,2-5,10-12,17H2,1H3. The van der Waals surface area contributed by atoms with Crippen molar-refractivity contribution in [2.24, 2.45) is 5.73 Å². The van der Waals surface area contributed by atoms with E-state index in [0.29, 0.717) is 6.54 Å². The Morgan fingerprint density at radius 3 is 2.74 bits per heavy atom. The molecule has 0 radical (unpaired) electrons. The maximum absolute atomic E-state index is 12.2. The van der Waals surface area contributed by atoms with Crippen molar-refractivity contribution in [3.05, 3.63) is 35.4 Å². The van der Waals surface area contributed by atoms with Crippen LogP contribution in [0.2, 0.25) is 0 Å². The number of rotatable bonds is 5. The Labute approximate surface area is 115 Å². The molecule has 2 N–H and O–H groups in total. The molecule has 104 valence electrons. The molecule has 1 aliphatic rings. The summed E-state index contributed by atoms with van der Waals surface area (Å²) >= 11 is 0. The molecule has 2 rings (SSSR count). The first-order valence-corrected chi connectivity index (χ1v) is 7.29. The summed E-state index contributed by atoms with van der Waals surface area (Å²) < 4.78 is 0. The Balaban J connectivity index is 1.91. The molecule has 1 saturated heterocycles. The number of nitrogens with two attached hydrogens (primary N) is 1. The van der Waals surface area contributed by atoms with Gasteiger partial charge in [-0.25, -0.2) is 0 Å². The van der Waals surface area contributed by atoms with Gasteiger partial charge in [0, 0.05) is 18.2 Å². The molecule has 0 aromatic heterocycles. The molecule has 1 fully saturated rings. The van der Waals surface area contributed by atoms with E-state index in [1.165, 1.54) is 5.56 Å². The van der Waals surface area contributed by atoms with Gasteiger partial charge >= 0.3 is 0 Å². The molecule has 1 heterocycles. The lowest BCUT2D eigenvalue weighted by molar-refractivity contribution is 0.0908. The van der Waals surface area contributed by atoms with E-state index in [4.69, 9.17) is 5.73 Å². The number of Topliss-reactive ketones (excluding diaryl/α,β-unsaturated/α-hetero) is 1. The third-order valence-electron chi connectivity index (χ3n) is 3.72. The van der Waals surface area contributed by atoms with Gasteiger partial charge in [0.2, 0.25) is 0 Å². The number of likely N-dealkylation sites (tertiary alicyclic amines) is 1. The van der Waals surface area contributed by atoms with Gasteiger partial charge in [-0.15, -0.1) is 0 Å². The Morgan fingerprint density at radius 1 is 1.37 bits per heavy atom. The average Bonchev–Trinajstić information content (AvgIpc) is 2.40. The summed E-state index contributed by atoms with van der Waals surface area (Å²) in [6.07, 6.45) is 4.40. The van der Waals surface area contributed by atoms with Crippen LogP contribution in [0.1, 0.15) is 42.1 Å². The molecule has 19 heavy (non-hydrogen) atoms. The van der Waals surface area contributed by atoms with E-state index in [9.17, 15) is 4.79 Å². The fraction of sp³-hybridized carbons (Fsp3) is 0.562. The van der Waals surface area contributed by atoms with Gasteiger partial charge in [-0.05, 0) is 31.4 Å². The smallest absolute Gasteiger partial charge is 0.176 e. The highest BCUT2D eigenvalue weighted by molar-refractivity contribution is 5.97. The van der Waals surface area contributed by atoms with Gasteiger partial charge in [-0.3, -0.25) is 9.69 Å². The summed E-state index contributed by atoms with van der Waals surface area (Å²) in [4.78, 5) is 14.4. The van der Waals surface area contributed by atoms with Gasteiger partial charge in [0.25, 0.3) is 0 Å². The second kappa shape index (κ2) is 6.83. The number of piperidine rings is 1. The molecule has 0 saturated carbocycles. The Morgan fingerprint density at radius 2 is 2.11 bits per heavy atom. The summed E-state index contributed by atoms with van der Waals surface area (Å²) in [5.41, 5.74) is 8.06. The zero-order valence-corrected chi connectivity index (χ0v) is 11.8. The summed E-state index contributed by atoms with van der Waals surface area (Å²) in [6, 6.07) is 8.28. The highest BCUT2D eigenvalue weighted by atomic mass is 16.1. The minimum absolute atomic E-state index is 0.206. The fourth-order valence-electron chi connectivity index (χ4n) is 2.68. The second-order valence-corrected chi connectivity index (χ2v) is 5.51. The number of benzene rings is 1. The minimum atomic E-state index is 0.206. The first-order valence-electron chi connectivity index (χ1n) is 7.29. The van der Waals surface area contributed by atoms with Crippen molar-refractivity contribution in [3.63, 3.8) is 0 Å². The van der Waals surface area contributed by atoms with Crippen molar-refractivity contribution in [1.29, 1.82) is 0 Å². The molecule has 1 aliphatic heterocycles. The third kappa shape index (κ3) is 4.15. The van der Waals surface area contributed by atoms with Crippen molar-refractivity contribution in [1.82, 2.24) is 4.90 Å². The first-order chi connectivity index (χ1) is 9.19. The van der Waals surface area contributed by atoms with E-state index >= 15 is 0 Å². The molecular weight excluding hydrogens is 236 g/mol. The lowest BCUT2D eigenvalue weighted by atomic mass is 10.0. The van der Waals surface area contributed by atoms with E-state index in [1.54, 1.807) is 0 Å². The van der Waals surface area contributed by atoms with Crippen LogP contribution in [0.4, 0.5) is 0 Å². The third-order valence-corrected chi connectivity index (χ3v) is 3.72. The predicted octanol–water partition coefficient (Wildman–Crippen LogP) is 2.24. The van der Waals surface area contributed by atoms with E-state index in [1.807, 2.05) is 12.1 Å². The van der Waals surface area contributed by atoms with E-state index in [0.717, 1.165) is 44.3 Å². The molecular formula is C16H24N2O. The summed E-state index contributed by atoms with van der Waals surface area (Å²) in [5, 5.41) is 0. The number of carbonyl (C=O) groups is 1. The summed E-state index contributed by atoms with van der Waals surface area (Å²) in [7, 11) is 0. The summed E-state index contributed by atoms with van der Waals surface area (Å²) in [5.74, 6) is 0.206. The largest absolute Gasteiger partial charge is 0.327 e. The van der Waals surface area contributed by atoms with Crippen molar-refractivity contribution >= 4 is 5.78 Å². The van der Waals surface area contributed by atoms with Crippen molar-refractivity contribution < 1.29 is 4.79 Å². The lowest BCUT2D eigenvalue weighted by Gasteiger charge is -2.29. The van der Waals surface area contributed by atoms with Gasteiger partial charge in [0.05, 0.1) is 6.54 Å². The predicted molar refractivity (Wildman–Crippen MR) is 78.4 cm³/mol. The highest BCUT2D eigenvalue weighted by Crippen LogP contribution is 2.11. The Hall–Kier alpha value is -1.19. The first kappa shape index (κ1) is 14.2. The van der Waals surface area contributed by atoms with Crippen LogP contribution >= 0.6 is 0 Å². The Kier molecular flexibility index (Phi) is 5.11. The molecule has 3 heteroatoms. The minimum Gasteiger partial charge on any atom is -0.327 e. The molecule has 1 atom stereocenters. The van der Waals surface area contributed by atoms with Crippen LogP contribution in [0.3, 0.4) is 0 Å². The number of nitrogens with zero attached hydrogens (tertiary/aromatic N) is 1. The molecule has 1 aromatic carbocycles. The van der Waals surface area contributed by atoms with Crippen molar-refractivity contribution in [3.8, 4) is 0 Å². The van der Waals surface area contributed by atoms with E-state index < -0.39 is 0 Å². The van der Waals surface area contributed by atoms with Crippen LogP contribution in [0.25, 0.3) is 0 Å². The quantitative estimate of drug-likeness (QED) is 0.826. The van der Waals surface area contributed by atoms with Gasteiger partial charge in [0.15, 0.2) is 5.78 Å². The second-order valence-electron chi connectivity index (χ2n) is 5.51. The number of hydrogen-bond donors (Lipinski definition) is 1. The number of ketones is 1. The van der Waals surface area contributed by atoms with Gasteiger partial charge in [-0.2, -0.15) is 0 Å². The SMILES string of the molecule is CCCc1ccc(C(=O)CN2CCCC(N)C2)cc1. The van der Waals surface area contributed by atoms with Crippen molar-refractivity contribution in [2.75, 3.05) is 19.6 Å². The number of aryl methyl sites for hydroxylation is 1. The molecule has 0 bridgehead atoms. The summed E-state index contributed by atoms with van der Waals surface area (Å²) in [6.45, 7) is 4.51. The van der Waals surface area contributed by atoms with Gasteiger partial charge < -0.3 is 5.73 Å². The monoisotopic (exact) mass is 260 g/mol. The van der Waals surface area contributed by atoms with Crippen LogP contribution < -0.4 is 5.73 Å². The average molecular weight is 260 g/mol. The maximum Gasteiger partial charge on any atom is 0.176 e. The van der Waals surface area contributed by atoms with E-state index in [2.05, 4.69) is 24.0 Å². The number of hydrogen-bond acceptors (Lipinski definition) is 3. The van der Waals surface area contributed by atoms with Crippen LogP contribution in [0.15, 0.2) is 24.3 Å². The molecule has 1 aromatic rings.